The molecule has 1 fully saturated rings. The van der Waals surface area contributed by atoms with E-state index in [9.17, 15) is 8.42 Å². The van der Waals surface area contributed by atoms with Gasteiger partial charge in [0.1, 0.15) is 0 Å². The zero-order valence-electron chi connectivity index (χ0n) is 8.95. The molecule has 90 valence electrons. The molecule has 0 radical (unpaired) electrons. The molecular formula is C8H19N3O3S. The van der Waals surface area contributed by atoms with Crippen molar-refractivity contribution >= 4 is 10.2 Å². The van der Waals surface area contributed by atoms with Crippen molar-refractivity contribution in [2.75, 3.05) is 33.4 Å². The SMILES string of the molecule is COCCNS(=O)(=O)N[C@@H]1CCCNC1. The average Bonchev–Trinajstić information content (AvgIpc) is 2.18. The molecule has 1 atom stereocenters. The highest BCUT2D eigenvalue weighted by Gasteiger charge is 2.18. The Morgan fingerprint density at radius 3 is 2.93 bits per heavy atom. The van der Waals surface area contributed by atoms with Gasteiger partial charge in [-0.25, -0.2) is 0 Å². The third-order valence-electron chi connectivity index (χ3n) is 2.22. The third-order valence-corrected chi connectivity index (χ3v) is 3.44. The maximum atomic E-state index is 11.5. The summed E-state index contributed by atoms with van der Waals surface area (Å²) in [6.45, 7) is 2.34. The van der Waals surface area contributed by atoms with E-state index in [1.54, 1.807) is 0 Å². The molecule has 0 aromatic heterocycles. The van der Waals surface area contributed by atoms with E-state index in [1.807, 2.05) is 0 Å². The van der Waals surface area contributed by atoms with Gasteiger partial charge < -0.3 is 10.1 Å². The van der Waals surface area contributed by atoms with Crippen LogP contribution in [-0.2, 0) is 14.9 Å². The largest absolute Gasteiger partial charge is 0.383 e. The van der Waals surface area contributed by atoms with Crippen LogP contribution in [0.3, 0.4) is 0 Å². The molecular weight excluding hydrogens is 218 g/mol. The highest BCUT2D eigenvalue weighted by Crippen LogP contribution is 2.01. The number of piperidine rings is 1. The Balaban J connectivity index is 2.27. The first-order valence-electron chi connectivity index (χ1n) is 5.10. The summed E-state index contributed by atoms with van der Waals surface area (Å²) < 4.78 is 32.7. The van der Waals surface area contributed by atoms with E-state index in [0.717, 1.165) is 19.4 Å². The maximum absolute atomic E-state index is 11.5. The lowest BCUT2D eigenvalue weighted by atomic mass is 10.1. The molecule has 0 unspecified atom stereocenters. The van der Waals surface area contributed by atoms with Crippen LogP contribution >= 0.6 is 0 Å². The van der Waals surface area contributed by atoms with E-state index < -0.39 is 10.2 Å². The molecule has 6 nitrogen and oxygen atoms in total. The number of methoxy groups -OCH3 is 1. The van der Waals surface area contributed by atoms with Crippen LogP contribution in [-0.4, -0.2) is 47.8 Å². The predicted molar refractivity (Wildman–Crippen MR) is 57.8 cm³/mol. The second-order valence-corrected chi connectivity index (χ2v) is 5.08. The van der Waals surface area contributed by atoms with Gasteiger partial charge in [-0.3, -0.25) is 0 Å². The van der Waals surface area contributed by atoms with Crippen molar-refractivity contribution in [3.8, 4) is 0 Å². The lowest BCUT2D eigenvalue weighted by Gasteiger charge is -2.23. The number of rotatable bonds is 6. The van der Waals surface area contributed by atoms with E-state index in [-0.39, 0.29) is 6.04 Å². The van der Waals surface area contributed by atoms with Gasteiger partial charge in [0.15, 0.2) is 0 Å². The smallest absolute Gasteiger partial charge is 0.277 e. The molecule has 1 heterocycles. The van der Waals surface area contributed by atoms with Crippen LogP contribution in [0.4, 0.5) is 0 Å². The quantitative estimate of drug-likeness (QED) is 0.508. The third kappa shape index (κ3) is 5.43. The van der Waals surface area contributed by atoms with Gasteiger partial charge in [0.25, 0.3) is 10.2 Å². The minimum atomic E-state index is -3.37. The van der Waals surface area contributed by atoms with E-state index >= 15 is 0 Å². The Labute approximate surface area is 90.9 Å². The first-order chi connectivity index (χ1) is 7.14. The van der Waals surface area contributed by atoms with Gasteiger partial charge in [-0.15, -0.1) is 0 Å². The van der Waals surface area contributed by atoms with Gasteiger partial charge in [0.2, 0.25) is 0 Å². The summed E-state index contributed by atoms with van der Waals surface area (Å²) >= 11 is 0. The minimum absolute atomic E-state index is 0.00112. The van der Waals surface area contributed by atoms with Crippen LogP contribution in [0.15, 0.2) is 0 Å². The van der Waals surface area contributed by atoms with Crippen LogP contribution < -0.4 is 14.8 Å². The Bertz CT molecular complexity index is 262. The van der Waals surface area contributed by atoms with Gasteiger partial charge in [-0.05, 0) is 19.4 Å². The van der Waals surface area contributed by atoms with Crippen molar-refractivity contribution in [2.45, 2.75) is 18.9 Å². The molecule has 1 aliphatic rings. The fraction of sp³-hybridized carbons (Fsp3) is 1.00. The molecule has 1 rings (SSSR count). The van der Waals surface area contributed by atoms with Crippen molar-refractivity contribution < 1.29 is 13.2 Å². The Hall–Kier alpha value is -0.210. The molecule has 0 bridgehead atoms. The lowest BCUT2D eigenvalue weighted by molar-refractivity contribution is 0.204. The molecule has 15 heavy (non-hydrogen) atoms. The van der Waals surface area contributed by atoms with Gasteiger partial charge in [0.05, 0.1) is 6.61 Å². The molecule has 0 amide bonds. The summed E-state index contributed by atoms with van der Waals surface area (Å²) in [5.41, 5.74) is 0. The van der Waals surface area contributed by atoms with Gasteiger partial charge in [-0.2, -0.15) is 17.9 Å². The number of hydrogen-bond donors (Lipinski definition) is 3. The standard InChI is InChI=1S/C8H19N3O3S/c1-14-6-5-10-15(12,13)11-8-3-2-4-9-7-8/h8-11H,2-7H2,1H3/t8-/m1/s1. The summed E-state index contributed by atoms with van der Waals surface area (Å²) in [5, 5.41) is 3.15. The second kappa shape index (κ2) is 6.39. The van der Waals surface area contributed by atoms with E-state index in [0.29, 0.717) is 19.7 Å². The minimum Gasteiger partial charge on any atom is -0.383 e. The van der Waals surface area contributed by atoms with Crippen LogP contribution in [0.1, 0.15) is 12.8 Å². The van der Waals surface area contributed by atoms with E-state index in [1.165, 1.54) is 7.11 Å². The van der Waals surface area contributed by atoms with Gasteiger partial charge >= 0.3 is 0 Å². The second-order valence-electron chi connectivity index (χ2n) is 3.55. The predicted octanol–water partition coefficient (Wildman–Crippen LogP) is -1.19. The molecule has 0 aromatic rings. The Kier molecular flexibility index (Phi) is 5.48. The molecule has 0 spiro atoms. The molecule has 0 saturated carbocycles. The summed E-state index contributed by atoms with van der Waals surface area (Å²) in [6, 6.07) is -0.00112. The summed E-state index contributed by atoms with van der Waals surface area (Å²) in [5.74, 6) is 0. The zero-order valence-corrected chi connectivity index (χ0v) is 9.77. The molecule has 7 heteroatoms. The first-order valence-corrected chi connectivity index (χ1v) is 6.59. The van der Waals surface area contributed by atoms with Crippen LogP contribution in [0.2, 0.25) is 0 Å². The normalized spacial score (nSPS) is 22.9. The fourth-order valence-electron chi connectivity index (χ4n) is 1.49. The van der Waals surface area contributed by atoms with Crippen LogP contribution in [0.25, 0.3) is 0 Å². The van der Waals surface area contributed by atoms with Crippen LogP contribution in [0.5, 0.6) is 0 Å². The molecule has 1 aliphatic heterocycles. The highest BCUT2D eigenvalue weighted by molar-refractivity contribution is 7.87. The van der Waals surface area contributed by atoms with Crippen molar-refractivity contribution in [1.29, 1.82) is 0 Å². The van der Waals surface area contributed by atoms with Crippen molar-refractivity contribution in [3.63, 3.8) is 0 Å². The average molecular weight is 237 g/mol. The van der Waals surface area contributed by atoms with Gasteiger partial charge in [-0.1, -0.05) is 0 Å². The Morgan fingerprint density at radius 1 is 1.53 bits per heavy atom. The Morgan fingerprint density at radius 2 is 2.33 bits per heavy atom. The number of hydrogen-bond acceptors (Lipinski definition) is 4. The lowest BCUT2D eigenvalue weighted by Crippen LogP contribution is -2.49. The highest BCUT2D eigenvalue weighted by atomic mass is 32.2. The van der Waals surface area contributed by atoms with Crippen molar-refractivity contribution in [3.05, 3.63) is 0 Å². The molecule has 3 N–H and O–H groups in total. The first kappa shape index (κ1) is 12.9. The number of ether oxygens (including phenoxy) is 1. The van der Waals surface area contributed by atoms with E-state index in [2.05, 4.69) is 14.8 Å². The van der Waals surface area contributed by atoms with E-state index in [4.69, 9.17) is 4.74 Å². The topological polar surface area (TPSA) is 79.5 Å². The summed E-state index contributed by atoms with van der Waals surface area (Å²) in [7, 11) is -1.84. The maximum Gasteiger partial charge on any atom is 0.277 e. The number of nitrogens with one attached hydrogen (secondary N) is 3. The monoisotopic (exact) mass is 237 g/mol. The van der Waals surface area contributed by atoms with Crippen molar-refractivity contribution in [2.24, 2.45) is 0 Å². The summed E-state index contributed by atoms with van der Waals surface area (Å²) in [4.78, 5) is 0. The summed E-state index contributed by atoms with van der Waals surface area (Å²) in [6.07, 6.45) is 1.89. The molecule has 1 saturated heterocycles. The fourth-order valence-corrected chi connectivity index (χ4v) is 2.57. The zero-order chi connectivity index (χ0) is 11.1. The van der Waals surface area contributed by atoms with Gasteiger partial charge in [0, 0.05) is 26.2 Å². The van der Waals surface area contributed by atoms with Crippen LogP contribution in [0, 0.1) is 0 Å². The molecule has 0 aliphatic carbocycles. The van der Waals surface area contributed by atoms with Crippen molar-refractivity contribution in [1.82, 2.24) is 14.8 Å². The molecule has 0 aromatic carbocycles.